The zero-order chi connectivity index (χ0) is 15.4. The lowest BCUT2D eigenvalue weighted by atomic mass is 10.0. The third-order valence-corrected chi connectivity index (χ3v) is 4.60. The molecule has 0 unspecified atom stereocenters. The number of hydrogen-bond acceptors (Lipinski definition) is 0. The third-order valence-electron chi connectivity index (χ3n) is 4.60. The lowest BCUT2D eigenvalue weighted by Gasteiger charge is -2.03. The Kier molecular flexibility index (Phi) is 20.0. The Morgan fingerprint density at radius 2 is 0.619 bits per heavy atom. The fourth-order valence-electron chi connectivity index (χ4n) is 3.08. The van der Waals surface area contributed by atoms with Crippen LogP contribution in [0, 0.1) is 6.92 Å². The quantitative estimate of drug-likeness (QED) is 0.223. The lowest BCUT2D eigenvalue weighted by Crippen LogP contribution is -1.83. The molecule has 0 aliphatic heterocycles. The number of unbranched alkanes of at least 4 members (excludes halogenated alkanes) is 18. The molecule has 0 fully saturated rings. The zero-order valence-corrected chi connectivity index (χ0v) is 15.1. The highest BCUT2D eigenvalue weighted by atomic mass is 14.0. The summed E-state index contributed by atoms with van der Waals surface area (Å²) < 4.78 is 0. The predicted molar refractivity (Wildman–Crippen MR) is 98.8 cm³/mol. The minimum absolute atomic E-state index is 1.12. The van der Waals surface area contributed by atoms with Gasteiger partial charge in [0, 0.05) is 0 Å². The summed E-state index contributed by atoms with van der Waals surface area (Å²) in [5.41, 5.74) is 0. The first kappa shape index (κ1) is 21.0. The normalized spacial score (nSPS) is 11.1. The summed E-state index contributed by atoms with van der Waals surface area (Å²) in [6.07, 6.45) is 27.3. The molecule has 0 aromatic heterocycles. The highest BCUT2D eigenvalue weighted by molar-refractivity contribution is 4.50. The second-order valence-electron chi connectivity index (χ2n) is 6.86. The van der Waals surface area contributed by atoms with Crippen molar-refractivity contribution in [2.45, 2.75) is 129 Å². The molecule has 127 valence electrons. The van der Waals surface area contributed by atoms with Crippen molar-refractivity contribution in [2.24, 2.45) is 0 Å². The molecule has 0 atom stereocenters. The van der Waals surface area contributed by atoms with Crippen LogP contribution in [-0.4, -0.2) is 0 Å². The van der Waals surface area contributed by atoms with Crippen LogP contribution >= 0.6 is 0 Å². The molecule has 0 aromatic carbocycles. The smallest absolute Gasteiger partial charge is 0.0533 e. The van der Waals surface area contributed by atoms with E-state index in [1.54, 1.807) is 0 Å². The average molecular weight is 296 g/mol. The minimum atomic E-state index is 1.12. The average Bonchev–Trinajstić information content (AvgIpc) is 2.50. The van der Waals surface area contributed by atoms with E-state index in [9.17, 15) is 0 Å². The fraction of sp³-hybridized carbons (Fsp3) is 0.952. The van der Waals surface area contributed by atoms with Crippen LogP contribution in [0.2, 0.25) is 0 Å². The second kappa shape index (κ2) is 20.0. The summed E-state index contributed by atoms with van der Waals surface area (Å²) >= 11 is 0. The largest absolute Gasteiger partial charge is 0.0654 e. The highest BCUT2D eigenvalue weighted by Gasteiger charge is 1.94. The van der Waals surface area contributed by atoms with E-state index >= 15 is 0 Å². The van der Waals surface area contributed by atoms with Crippen molar-refractivity contribution in [1.82, 2.24) is 0 Å². The van der Waals surface area contributed by atoms with Crippen molar-refractivity contribution in [3.05, 3.63) is 6.92 Å². The molecular formula is C21H43. The van der Waals surface area contributed by atoms with E-state index in [1.165, 1.54) is 116 Å². The van der Waals surface area contributed by atoms with Crippen molar-refractivity contribution in [1.29, 1.82) is 0 Å². The first-order chi connectivity index (χ1) is 10.4. The Morgan fingerprint density at radius 1 is 0.381 bits per heavy atom. The Hall–Kier alpha value is 0. The maximum Gasteiger partial charge on any atom is -0.0533 e. The lowest BCUT2D eigenvalue weighted by molar-refractivity contribution is 0.525. The molecule has 0 spiro atoms. The van der Waals surface area contributed by atoms with Crippen LogP contribution in [0.1, 0.15) is 129 Å². The van der Waals surface area contributed by atoms with Gasteiger partial charge in [0.1, 0.15) is 0 Å². The maximum atomic E-state index is 3.90. The van der Waals surface area contributed by atoms with Crippen LogP contribution in [0.5, 0.6) is 0 Å². The van der Waals surface area contributed by atoms with Gasteiger partial charge in [0.2, 0.25) is 0 Å². The first-order valence-corrected chi connectivity index (χ1v) is 10.2. The van der Waals surface area contributed by atoms with Crippen molar-refractivity contribution >= 4 is 0 Å². The summed E-state index contributed by atoms with van der Waals surface area (Å²) in [5, 5.41) is 0. The molecule has 0 heterocycles. The van der Waals surface area contributed by atoms with E-state index in [1.807, 2.05) is 0 Å². The summed E-state index contributed by atoms with van der Waals surface area (Å²) in [4.78, 5) is 0. The molecule has 0 N–H and O–H groups in total. The monoisotopic (exact) mass is 295 g/mol. The van der Waals surface area contributed by atoms with Crippen LogP contribution < -0.4 is 0 Å². The van der Waals surface area contributed by atoms with Gasteiger partial charge in [-0.3, -0.25) is 0 Å². The van der Waals surface area contributed by atoms with Gasteiger partial charge in [-0.1, -0.05) is 136 Å². The van der Waals surface area contributed by atoms with Gasteiger partial charge in [-0.25, -0.2) is 0 Å². The van der Waals surface area contributed by atoms with E-state index in [-0.39, 0.29) is 0 Å². The van der Waals surface area contributed by atoms with Gasteiger partial charge in [0.05, 0.1) is 0 Å². The molecule has 0 aromatic rings. The predicted octanol–water partition coefficient (Wildman–Crippen LogP) is 8.25. The molecule has 0 saturated carbocycles. The standard InChI is InChI=1S/C21H43/c1-3-5-7-9-11-13-15-17-19-21-20-18-16-14-12-10-8-6-4-2/h1,3-21H2,2H3. The Labute approximate surface area is 136 Å². The van der Waals surface area contributed by atoms with Gasteiger partial charge in [0.15, 0.2) is 0 Å². The van der Waals surface area contributed by atoms with Gasteiger partial charge in [-0.15, -0.1) is 0 Å². The van der Waals surface area contributed by atoms with Crippen molar-refractivity contribution in [3.8, 4) is 0 Å². The Bertz CT molecular complexity index is 143. The first-order valence-electron chi connectivity index (χ1n) is 10.2. The zero-order valence-electron chi connectivity index (χ0n) is 15.1. The van der Waals surface area contributed by atoms with Gasteiger partial charge in [-0.2, -0.15) is 0 Å². The van der Waals surface area contributed by atoms with Gasteiger partial charge >= 0.3 is 0 Å². The molecule has 1 radical (unpaired) electrons. The van der Waals surface area contributed by atoms with E-state index in [0.29, 0.717) is 0 Å². The van der Waals surface area contributed by atoms with Crippen molar-refractivity contribution in [2.75, 3.05) is 0 Å². The molecule has 0 bridgehead atoms. The van der Waals surface area contributed by atoms with Crippen LogP contribution in [0.25, 0.3) is 0 Å². The van der Waals surface area contributed by atoms with Crippen LogP contribution in [0.3, 0.4) is 0 Å². The fourth-order valence-corrected chi connectivity index (χ4v) is 3.08. The maximum absolute atomic E-state index is 3.90. The van der Waals surface area contributed by atoms with Crippen LogP contribution in [0.15, 0.2) is 0 Å². The molecule has 0 amide bonds. The highest BCUT2D eigenvalue weighted by Crippen LogP contribution is 2.14. The van der Waals surface area contributed by atoms with E-state index in [0.717, 1.165) is 6.42 Å². The molecule has 0 heteroatoms. The Balaban J connectivity index is 2.90. The van der Waals surface area contributed by atoms with Gasteiger partial charge in [0.25, 0.3) is 0 Å². The molecule has 21 heavy (non-hydrogen) atoms. The molecule has 0 aliphatic carbocycles. The van der Waals surface area contributed by atoms with Gasteiger partial charge in [-0.05, 0) is 0 Å². The topological polar surface area (TPSA) is 0 Å². The van der Waals surface area contributed by atoms with Crippen LogP contribution in [-0.2, 0) is 0 Å². The summed E-state index contributed by atoms with van der Waals surface area (Å²) in [6.45, 7) is 6.19. The third kappa shape index (κ3) is 20.0. The van der Waals surface area contributed by atoms with Crippen molar-refractivity contribution < 1.29 is 0 Å². The van der Waals surface area contributed by atoms with E-state index in [2.05, 4.69) is 13.8 Å². The molecule has 0 nitrogen and oxygen atoms in total. The molecule has 0 aliphatic rings. The molecule has 0 saturated heterocycles. The SMILES string of the molecule is [CH2]CCCCCCCCCCCCCCCCCCCC. The molecular weight excluding hydrogens is 252 g/mol. The van der Waals surface area contributed by atoms with Gasteiger partial charge < -0.3 is 0 Å². The summed E-state index contributed by atoms with van der Waals surface area (Å²) in [5.74, 6) is 0. The minimum Gasteiger partial charge on any atom is -0.0654 e. The summed E-state index contributed by atoms with van der Waals surface area (Å²) in [6, 6.07) is 0. The van der Waals surface area contributed by atoms with E-state index < -0.39 is 0 Å². The van der Waals surface area contributed by atoms with Crippen molar-refractivity contribution in [3.63, 3.8) is 0 Å². The second-order valence-corrected chi connectivity index (χ2v) is 6.86. The number of rotatable bonds is 18. The Morgan fingerprint density at radius 3 is 0.857 bits per heavy atom. The van der Waals surface area contributed by atoms with Crippen LogP contribution in [0.4, 0.5) is 0 Å². The molecule has 0 rings (SSSR count). The summed E-state index contributed by atoms with van der Waals surface area (Å²) in [7, 11) is 0. The number of hydrogen-bond donors (Lipinski definition) is 0. The van der Waals surface area contributed by atoms with E-state index in [4.69, 9.17) is 0 Å².